The third-order valence-corrected chi connectivity index (χ3v) is 10.4. The Hall–Kier alpha value is -1.10. The molecule has 25 heavy (non-hydrogen) atoms. The van der Waals surface area contributed by atoms with Gasteiger partial charge in [0.2, 0.25) is 0 Å². The molecular formula is C21H34O3Si. The first-order valence-electron chi connectivity index (χ1n) is 9.27. The third-order valence-electron chi connectivity index (χ3n) is 5.89. The standard InChI is InChI=1S/C21H34O3Si/c1-20(2,3)25(5,6)24-16-19(21(22)14-8-7-9-15-21)17-10-12-18(23-4)13-11-17/h8,10-14,19,22H,7,9,15-16H2,1-6H3/t19-,21?/m0/s1. The Morgan fingerprint density at radius 2 is 1.84 bits per heavy atom. The van der Waals surface area contributed by atoms with Crippen molar-refractivity contribution in [1.29, 1.82) is 0 Å². The number of benzene rings is 1. The Kier molecular flexibility index (Phi) is 6.18. The van der Waals surface area contributed by atoms with Crippen LogP contribution in [0.15, 0.2) is 36.4 Å². The summed E-state index contributed by atoms with van der Waals surface area (Å²) in [4.78, 5) is 0. The molecule has 2 rings (SSSR count). The Morgan fingerprint density at radius 3 is 2.32 bits per heavy atom. The van der Waals surface area contributed by atoms with Crippen molar-refractivity contribution in [2.75, 3.05) is 13.7 Å². The van der Waals surface area contributed by atoms with Gasteiger partial charge in [-0.05, 0) is 55.1 Å². The first kappa shape index (κ1) is 20.2. The van der Waals surface area contributed by atoms with E-state index in [0.717, 1.165) is 30.6 Å². The quantitative estimate of drug-likeness (QED) is 0.553. The zero-order valence-corrected chi connectivity index (χ0v) is 17.6. The zero-order valence-electron chi connectivity index (χ0n) is 16.6. The number of ether oxygens (including phenoxy) is 1. The van der Waals surface area contributed by atoms with Crippen LogP contribution in [-0.2, 0) is 4.43 Å². The van der Waals surface area contributed by atoms with Crippen molar-refractivity contribution in [1.82, 2.24) is 0 Å². The van der Waals surface area contributed by atoms with E-state index < -0.39 is 13.9 Å². The van der Waals surface area contributed by atoms with Crippen LogP contribution in [-0.4, -0.2) is 32.7 Å². The van der Waals surface area contributed by atoms with Crippen LogP contribution in [0.4, 0.5) is 0 Å². The van der Waals surface area contributed by atoms with E-state index >= 15 is 0 Å². The van der Waals surface area contributed by atoms with Gasteiger partial charge >= 0.3 is 0 Å². The highest BCUT2D eigenvalue weighted by Gasteiger charge is 2.41. The number of hydrogen-bond donors (Lipinski definition) is 1. The fraction of sp³-hybridized carbons (Fsp3) is 0.619. The van der Waals surface area contributed by atoms with Crippen LogP contribution < -0.4 is 4.74 Å². The highest BCUT2D eigenvalue weighted by atomic mass is 28.4. The maximum absolute atomic E-state index is 11.3. The summed E-state index contributed by atoms with van der Waals surface area (Å²) in [5.74, 6) is 0.767. The average Bonchev–Trinajstić information content (AvgIpc) is 2.55. The monoisotopic (exact) mass is 362 g/mol. The van der Waals surface area contributed by atoms with Gasteiger partial charge < -0.3 is 14.3 Å². The van der Waals surface area contributed by atoms with E-state index in [0.29, 0.717) is 6.61 Å². The van der Waals surface area contributed by atoms with E-state index in [-0.39, 0.29) is 11.0 Å². The van der Waals surface area contributed by atoms with Crippen molar-refractivity contribution in [3.8, 4) is 5.75 Å². The lowest BCUT2D eigenvalue weighted by Gasteiger charge is -2.41. The number of aliphatic hydroxyl groups is 1. The lowest BCUT2D eigenvalue weighted by Crippen LogP contribution is -2.45. The summed E-state index contributed by atoms with van der Waals surface area (Å²) in [6.45, 7) is 11.8. The smallest absolute Gasteiger partial charge is 0.192 e. The van der Waals surface area contributed by atoms with Crippen LogP contribution in [0.1, 0.15) is 51.5 Å². The molecule has 0 amide bonds. The van der Waals surface area contributed by atoms with Gasteiger partial charge in [0.15, 0.2) is 8.32 Å². The molecule has 0 fully saturated rings. The van der Waals surface area contributed by atoms with Crippen LogP contribution in [0.25, 0.3) is 0 Å². The Bertz CT molecular complexity index is 586. The summed E-state index contributed by atoms with van der Waals surface area (Å²) in [5, 5.41) is 11.5. The maximum atomic E-state index is 11.3. The molecule has 1 N–H and O–H groups in total. The van der Waals surface area contributed by atoms with Gasteiger partial charge in [-0.3, -0.25) is 0 Å². The largest absolute Gasteiger partial charge is 0.497 e. The van der Waals surface area contributed by atoms with Gasteiger partial charge in [-0.25, -0.2) is 0 Å². The predicted octanol–water partition coefficient (Wildman–Crippen LogP) is 5.27. The molecule has 1 aliphatic carbocycles. The summed E-state index contributed by atoms with van der Waals surface area (Å²) in [6, 6.07) is 8.03. The Labute approximate surface area is 154 Å². The van der Waals surface area contributed by atoms with Gasteiger partial charge in [0.1, 0.15) is 5.75 Å². The molecule has 0 bridgehead atoms. The average molecular weight is 363 g/mol. The summed E-state index contributed by atoms with van der Waals surface area (Å²) < 4.78 is 11.8. The van der Waals surface area contributed by atoms with Gasteiger partial charge in [0.25, 0.3) is 0 Å². The minimum Gasteiger partial charge on any atom is -0.497 e. The molecule has 1 aliphatic rings. The lowest BCUT2D eigenvalue weighted by atomic mass is 9.77. The van der Waals surface area contributed by atoms with Crippen LogP contribution in [0, 0.1) is 0 Å². The van der Waals surface area contributed by atoms with Crippen molar-refractivity contribution in [3.05, 3.63) is 42.0 Å². The Morgan fingerprint density at radius 1 is 1.20 bits per heavy atom. The molecule has 4 heteroatoms. The topological polar surface area (TPSA) is 38.7 Å². The molecule has 0 saturated carbocycles. The molecule has 0 spiro atoms. The molecule has 2 atom stereocenters. The highest BCUT2D eigenvalue weighted by molar-refractivity contribution is 6.74. The minimum atomic E-state index is -1.87. The SMILES string of the molecule is COc1ccc([C@H](CO[Si](C)(C)C(C)(C)C)C2(O)C=CCCC2)cc1. The summed E-state index contributed by atoms with van der Waals surface area (Å²) in [7, 11) is -0.204. The normalized spacial score (nSPS) is 22.7. The van der Waals surface area contributed by atoms with Gasteiger partial charge in [-0.15, -0.1) is 0 Å². The predicted molar refractivity (Wildman–Crippen MR) is 107 cm³/mol. The first-order valence-corrected chi connectivity index (χ1v) is 12.2. The zero-order chi connectivity index (χ0) is 18.7. The van der Waals surface area contributed by atoms with Crippen LogP contribution in [0.2, 0.25) is 18.1 Å². The molecule has 1 unspecified atom stereocenters. The molecule has 0 heterocycles. The summed E-state index contributed by atoms with van der Waals surface area (Å²) in [6.07, 6.45) is 6.92. The second-order valence-electron chi connectivity index (χ2n) is 8.68. The molecule has 3 nitrogen and oxygen atoms in total. The van der Waals surface area contributed by atoms with Gasteiger partial charge in [-0.1, -0.05) is 45.1 Å². The molecule has 0 saturated heterocycles. The van der Waals surface area contributed by atoms with Crippen molar-refractivity contribution < 1.29 is 14.3 Å². The van der Waals surface area contributed by atoms with Crippen LogP contribution >= 0.6 is 0 Å². The van der Waals surface area contributed by atoms with Gasteiger partial charge in [0.05, 0.1) is 12.7 Å². The van der Waals surface area contributed by atoms with E-state index in [1.54, 1.807) is 7.11 Å². The fourth-order valence-electron chi connectivity index (χ4n) is 3.04. The van der Waals surface area contributed by atoms with E-state index in [2.05, 4.69) is 52.1 Å². The van der Waals surface area contributed by atoms with Crippen molar-refractivity contribution in [2.45, 2.75) is 69.7 Å². The molecule has 0 radical (unpaired) electrons. The number of hydrogen-bond acceptors (Lipinski definition) is 3. The Balaban J connectivity index is 2.29. The lowest BCUT2D eigenvalue weighted by molar-refractivity contribution is 0.0259. The van der Waals surface area contributed by atoms with E-state index in [4.69, 9.17) is 9.16 Å². The molecule has 1 aromatic carbocycles. The van der Waals surface area contributed by atoms with E-state index in [9.17, 15) is 5.11 Å². The van der Waals surface area contributed by atoms with E-state index in [1.165, 1.54) is 0 Å². The van der Waals surface area contributed by atoms with Crippen molar-refractivity contribution in [3.63, 3.8) is 0 Å². The molecule has 140 valence electrons. The molecule has 0 aliphatic heterocycles. The first-order chi connectivity index (χ1) is 11.6. The third kappa shape index (κ3) is 4.75. The van der Waals surface area contributed by atoms with Gasteiger partial charge in [0, 0.05) is 12.5 Å². The number of rotatable bonds is 6. The number of methoxy groups -OCH3 is 1. The minimum absolute atomic E-state index is 0.0657. The fourth-order valence-corrected chi connectivity index (χ4v) is 4.05. The second kappa shape index (κ2) is 7.64. The van der Waals surface area contributed by atoms with Crippen LogP contribution in [0.3, 0.4) is 0 Å². The maximum Gasteiger partial charge on any atom is 0.192 e. The molecule has 1 aromatic rings. The van der Waals surface area contributed by atoms with Gasteiger partial charge in [-0.2, -0.15) is 0 Å². The van der Waals surface area contributed by atoms with Crippen molar-refractivity contribution in [2.24, 2.45) is 0 Å². The van der Waals surface area contributed by atoms with Crippen molar-refractivity contribution >= 4 is 8.32 Å². The van der Waals surface area contributed by atoms with E-state index in [1.807, 2.05) is 18.2 Å². The number of allylic oxidation sites excluding steroid dienone is 1. The summed E-state index contributed by atoms with van der Waals surface area (Å²) in [5.41, 5.74) is 0.267. The molecule has 0 aromatic heterocycles. The highest BCUT2D eigenvalue weighted by Crippen LogP contribution is 2.41. The molecular weight excluding hydrogens is 328 g/mol. The summed E-state index contributed by atoms with van der Waals surface area (Å²) >= 11 is 0. The second-order valence-corrected chi connectivity index (χ2v) is 13.5. The van der Waals surface area contributed by atoms with Crippen LogP contribution in [0.5, 0.6) is 5.75 Å².